The number of benzene rings is 1. The fourth-order valence-electron chi connectivity index (χ4n) is 5.14. The van der Waals surface area contributed by atoms with Gasteiger partial charge in [0.1, 0.15) is 6.61 Å². The lowest BCUT2D eigenvalue weighted by Gasteiger charge is -2.38. The molecule has 2 aliphatic heterocycles. The van der Waals surface area contributed by atoms with E-state index in [2.05, 4.69) is 15.5 Å². The number of carbonyl (C=O) groups excluding carboxylic acids is 3. The number of carbonyl (C=O) groups is 3. The predicted octanol–water partition coefficient (Wildman–Crippen LogP) is 2.67. The second kappa shape index (κ2) is 11.6. The molecule has 1 saturated carbocycles. The first-order chi connectivity index (χ1) is 16.5. The molecular formula is C25H37N5O4. The van der Waals surface area contributed by atoms with Crippen LogP contribution in [0.5, 0.6) is 0 Å². The van der Waals surface area contributed by atoms with Crippen LogP contribution >= 0.6 is 0 Å². The van der Waals surface area contributed by atoms with Gasteiger partial charge in [0.05, 0.1) is 5.56 Å². The highest BCUT2D eigenvalue weighted by Gasteiger charge is 2.28. The zero-order valence-corrected chi connectivity index (χ0v) is 20.2. The molecule has 1 aliphatic carbocycles. The van der Waals surface area contributed by atoms with Gasteiger partial charge in [0, 0.05) is 63.8 Å². The van der Waals surface area contributed by atoms with Gasteiger partial charge >= 0.3 is 6.03 Å². The third-order valence-electron chi connectivity index (χ3n) is 7.02. The van der Waals surface area contributed by atoms with Gasteiger partial charge in [0.15, 0.2) is 0 Å². The lowest BCUT2D eigenvalue weighted by atomic mass is 9.96. The molecule has 34 heavy (non-hydrogen) atoms. The molecule has 0 aromatic heterocycles. The number of anilines is 2. The Labute approximate surface area is 201 Å². The number of ether oxygens (including phenoxy) is 1. The van der Waals surface area contributed by atoms with Crippen LogP contribution < -0.4 is 15.5 Å². The number of amides is 4. The Morgan fingerprint density at radius 2 is 1.62 bits per heavy atom. The van der Waals surface area contributed by atoms with E-state index in [-0.39, 0.29) is 24.5 Å². The molecule has 2 heterocycles. The highest BCUT2D eigenvalue weighted by Crippen LogP contribution is 2.28. The normalized spacial score (nSPS) is 19.3. The minimum Gasteiger partial charge on any atom is -0.375 e. The highest BCUT2D eigenvalue weighted by molar-refractivity contribution is 6.02. The lowest BCUT2D eigenvalue weighted by molar-refractivity contribution is -0.119. The first-order valence-corrected chi connectivity index (χ1v) is 12.6. The average molecular weight is 472 g/mol. The Balaban J connectivity index is 1.44. The monoisotopic (exact) mass is 471 g/mol. The first-order valence-electron chi connectivity index (χ1n) is 12.6. The Hall–Kier alpha value is -2.81. The Morgan fingerprint density at radius 3 is 2.29 bits per heavy atom. The van der Waals surface area contributed by atoms with Crippen molar-refractivity contribution in [2.45, 2.75) is 51.0 Å². The second-order valence-corrected chi connectivity index (χ2v) is 9.47. The largest absolute Gasteiger partial charge is 0.375 e. The molecule has 0 radical (unpaired) electrons. The maximum atomic E-state index is 13.4. The van der Waals surface area contributed by atoms with E-state index >= 15 is 0 Å². The van der Waals surface area contributed by atoms with E-state index in [0.29, 0.717) is 43.5 Å². The van der Waals surface area contributed by atoms with Crippen LogP contribution in [0.25, 0.3) is 0 Å². The second-order valence-electron chi connectivity index (χ2n) is 9.47. The Morgan fingerprint density at radius 1 is 0.912 bits per heavy atom. The van der Waals surface area contributed by atoms with Crippen LogP contribution in [0, 0.1) is 0 Å². The highest BCUT2D eigenvalue weighted by atomic mass is 16.5. The third kappa shape index (κ3) is 6.00. The quantitative estimate of drug-likeness (QED) is 0.665. The minimum atomic E-state index is -0.257. The molecule has 1 aromatic rings. The van der Waals surface area contributed by atoms with Crippen molar-refractivity contribution < 1.29 is 19.1 Å². The number of urea groups is 1. The molecule has 3 fully saturated rings. The van der Waals surface area contributed by atoms with Gasteiger partial charge in [0.25, 0.3) is 5.91 Å². The van der Waals surface area contributed by atoms with Crippen molar-refractivity contribution in [3.63, 3.8) is 0 Å². The lowest BCUT2D eigenvalue weighted by Crippen LogP contribution is -2.54. The zero-order chi connectivity index (χ0) is 23.9. The molecule has 0 bridgehead atoms. The van der Waals surface area contributed by atoms with Crippen molar-refractivity contribution in [1.29, 1.82) is 0 Å². The molecule has 0 spiro atoms. The van der Waals surface area contributed by atoms with E-state index in [1.54, 1.807) is 6.07 Å². The minimum absolute atomic E-state index is 0.00666. The maximum absolute atomic E-state index is 13.4. The zero-order valence-electron chi connectivity index (χ0n) is 20.2. The summed E-state index contributed by atoms with van der Waals surface area (Å²) in [6, 6.07) is 5.82. The van der Waals surface area contributed by atoms with Crippen LogP contribution in [0.1, 0.15) is 55.3 Å². The molecule has 9 nitrogen and oxygen atoms in total. The van der Waals surface area contributed by atoms with Crippen LogP contribution in [-0.2, 0) is 9.53 Å². The van der Waals surface area contributed by atoms with Crippen molar-refractivity contribution in [2.24, 2.45) is 0 Å². The summed E-state index contributed by atoms with van der Waals surface area (Å²) in [5, 5.41) is 6.01. The smallest absolute Gasteiger partial charge is 0.317 e. The van der Waals surface area contributed by atoms with Gasteiger partial charge in [-0.1, -0.05) is 19.3 Å². The van der Waals surface area contributed by atoms with Crippen LogP contribution in [0.15, 0.2) is 18.2 Å². The summed E-state index contributed by atoms with van der Waals surface area (Å²) in [6.45, 7) is 4.02. The van der Waals surface area contributed by atoms with Gasteiger partial charge in [-0.3, -0.25) is 9.59 Å². The van der Waals surface area contributed by atoms with Gasteiger partial charge in [-0.05, 0) is 43.9 Å². The van der Waals surface area contributed by atoms with Gasteiger partial charge in [-0.25, -0.2) is 4.79 Å². The topological polar surface area (TPSA) is 94.2 Å². The van der Waals surface area contributed by atoms with Crippen molar-refractivity contribution in [2.75, 3.05) is 63.2 Å². The van der Waals surface area contributed by atoms with Crippen LogP contribution in [0.2, 0.25) is 0 Å². The van der Waals surface area contributed by atoms with Gasteiger partial charge in [0.2, 0.25) is 5.91 Å². The van der Waals surface area contributed by atoms with Crippen molar-refractivity contribution in [1.82, 2.24) is 15.1 Å². The van der Waals surface area contributed by atoms with Crippen LogP contribution in [0.3, 0.4) is 0 Å². The van der Waals surface area contributed by atoms with Crippen molar-refractivity contribution in [3.05, 3.63) is 23.8 Å². The van der Waals surface area contributed by atoms with Gasteiger partial charge in [-0.2, -0.15) is 0 Å². The number of methoxy groups -OCH3 is 1. The molecule has 2 saturated heterocycles. The number of nitrogens with one attached hydrogen (secondary N) is 2. The standard InChI is InChI=1S/C25H37N5O4/c1-34-18-23(31)26-20-9-10-22(21(17-20)24(32)29-11-5-6-12-29)28-13-15-30(16-14-28)25(33)27-19-7-3-2-4-8-19/h9-10,17,19H,2-8,11-16,18H2,1H3,(H,26,31)(H,27,33). The SMILES string of the molecule is COCC(=O)Nc1ccc(N2CCN(C(=O)NC3CCCCC3)CC2)c(C(=O)N2CCCC2)c1. The number of hydrogen-bond donors (Lipinski definition) is 2. The molecule has 0 atom stereocenters. The van der Waals surface area contributed by atoms with Gasteiger partial charge < -0.3 is 30.1 Å². The van der Waals surface area contributed by atoms with E-state index in [0.717, 1.165) is 44.5 Å². The molecule has 4 amide bonds. The number of nitrogens with zero attached hydrogens (tertiary/aromatic N) is 3. The molecule has 1 aromatic carbocycles. The summed E-state index contributed by atoms with van der Waals surface area (Å²) in [5.41, 5.74) is 2.03. The maximum Gasteiger partial charge on any atom is 0.317 e. The number of likely N-dealkylation sites (tertiary alicyclic amines) is 1. The molecule has 186 valence electrons. The summed E-state index contributed by atoms with van der Waals surface area (Å²) in [5.74, 6) is -0.264. The predicted molar refractivity (Wildman–Crippen MR) is 131 cm³/mol. The van der Waals surface area contributed by atoms with E-state index in [4.69, 9.17) is 4.74 Å². The first kappa shape index (κ1) is 24.3. The Bertz CT molecular complexity index is 872. The van der Waals surface area contributed by atoms with Crippen LogP contribution in [0.4, 0.5) is 16.2 Å². The van der Waals surface area contributed by atoms with E-state index in [1.165, 1.54) is 26.4 Å². The molecule has 2 N–H and O–H groups in total. The Kier molecular flexibility index (Phi) is 8.26. The summed E-state index contributed by atoms with van der Waals surface area (Å²) in [4.78, 5) is 44.0. The summed E-state index contributed by atoms with van der Waals surface area (Å²) in [7, 11) is 1.47. The third-order valence-corrected chi connectivity index (χ3v) is 7.02. The molecular weight excluding hydrogens is 434 g/mol. The van der Waals surface area contributed by atoms with Gasteiger partial charge in [-0.15, -0.1) is 0 Å². The molecule has 4 rings (SSSR count). The molecule has 0 unspecified atom stereocenters. The fourth-order valence-corrected chi connectivity index (χ4v) is 5.14. The summed E-state index contributed by atoms with van der Waals surface area (Å²) < 4.78 is 4.90. The van der Waals surface area contributed by atoms with Crippen molar-refractivity contribution >= 4 is 29.2 Å². The number of piperazine rings is 1. The molecule has 9 heteroatoms. The summed E-state index contributed by atoms with van der Waals surface area (Å²) >= 11 is 0. The number of rotatable bonds is 6. The fraction of sp³-hybridized carbons (Fsp3) is 0.640. The summed E-state index contributed by atoms with van der Waals surface area (Å²) in [6.07, 6.45) is 7.81. The van der Waals surface area contributed by atoms with E-state index < -0.39 is 0 Å². The van der Waals surface area contributed by atoms with E-state index in [1.807, 2.05) is 21.9 Å². The average Bonchev–Trinajstić information content (AvgIpc) is 3.39. The number of hydrogen-bond acceptors (Lipinski definition) is 5. The molecule has 3 aliphatic rings. The van der Waals surface area contributed by atoms with Crippen LogP contribution in [-0.4, -0.2) is 86.7 Å². The van der Waals surface area contributed by atoms with E-state index in [9.17, 15) is 14.4 Å². The van der Waals surface area contributed by atoms with Crippen molar-refractivity contribution in [3.8, 4) is 0 Å².